The second-order valence-corrected chi connectivity index (χ2v) is 6.91. The number of fused-ring (bicyclic) bond motifs is 1. The minimum atomic E-state index is -3.95. The number of hydrogen-bond donors (Lipinski definition) is 2. The van der Waals surface area contributed by atoms with Crippen molar-refractivity contribution in [2.45, 2.75) is 18.2 Å². The highest BCUT2D eigenvalue weighted by molar-refractivity contribution is 7.92. The SMILES string of the molecule is CCOc1ccc(S(=O)(=O)Nc2ccc3c(c2)CC(=O)N3)cc1F. The molecule has 0 unspecified atom stereocenters. The van der Waals surface area contributed by atoms with Crippen LogP contribution in [0.5, 0.6) is 5.75 Å². The molecule has 0 saturated carbocycles. The van der Waals surface area contributed by atoms with Crippen LogP contribution in [-0.2, 0) is 21.2 Å². The van der Waals surface area contributed by atoms with Gasteiger partial charge in [0.05, 0.1) is 17.9 Å². The molecule has 0 saturated heterocycles. The lowest BCUT2D eigenvalue weighted by atomic mass is 10.1. The standard InChI is InChI=1S/C16H15FN2O4S/c1-2-23-15-6-4-12(9-13(15)17)24(21,22)19-11-3-5-14-10(7-11)8-16(20)18-14/h3-7,9,19H,2,8H2,1H3,(H,18,20). The van der Waals surface area contributed by atoms with E-state index in [2.05, 4.69) is 10.0 Å². The summed E-state index contributed by atoms with van der Waals surface area (Å²) in [5.74, 6) is -0.888. The summed E-state index contributed by atoms with van der Waals surface area (Å²) >= 11 is 0. The van der Waals surface area contributed by atoms with Crippen LogP contribution in [0.4, 0.5) is 15.8 Å². The highest BCUT2D eigenvalue weighted by Gasteiger charge is 2.20. The second kappa shape index (κ2) is 6.12. The summed E-state index contributed by atoms with van der Waals surface area (Å²) in [4.78, 5) is 11.1. The van der Waals surface area contributed by atoms with Gasteiger partial charge in [-0.1, -0.05) is 0 Å². The van der Waals surface area contributed by atoms with Gasteiger partial charge in [-0.15, -0.1) is 0 Å². The van der Waals surface area contributed by atoms with Crippen molar-refractivity contribution in [3.05, 3.63) is 47.8 Å². The number of rotatable bonds is 5. The van der Waals surface area contributed by atoms with Crippen LogP contribution in [0.2, 0.25) is 0 Å². The monoisotopic (exact) mass is 350 g/mol. The molecule has 8 heteroatoms. The van der Waals surface area contributed by atoms with E-state index >= 15 is 0 Å². The molecule has 24 heavy (non-hydrogen) atoms. The summed E-state index contributed by atoms with van der Waals surface area (Å²) in [5.41, 5.74) is 1.67. The van der Waals surface area contributed by atoms with E-state index < -0.39 is 15.8 Å². The summed E-state index contributed by atoms with van der Waals surface area (Å²) < 4.78 is 46.1. The van der Waals surface area contributed by atoms with Crippen molar-refractivity contribution in [3.63, 3.8) is 0 Å². The maximum atomic E-state index is 13.9. The van der Waals surface area contributed by atoms with Crippen LogP contribution in [0.1, 0.15) is 12.5 Å². The Morgan fingerprint density at radius 3 is 2.75 bits per heavy atom. The van der Waals surface area contributed by atoms with E-state index in [1.54, 1.807) is 19.1 Å². The van der Waals surface area contributed by atoms with Gasteiger partial charge in [0, 0.05) is 11.4 Å². The first-order chi connectivity index (χ1) is 11.4. The van der Waals surface area contributed by atoms with Crippen molar-refractivity contribution in [1.29, 1.82) is 0 Å². The molecule has 2 aromatic rings. The van der Waals surface area contributed by atoms with Gasteiger partial charge >= 0.3 is 0 Å². The maximum Gasteiger partial charge on any atom is 0.262 e. The van der Waals surface area contributed by atoms with Crippen LogP contribution >= 0.6 is 0 Å². The van der Waals surface area contributed by atoms with Crippen LogP contribution in [0.3, 0.4) is 0 Å². The lowest BCUT2D eigenvalue weighted by Gasteiger charge is -2.11. The maximum absolute atomic E-state index is 13.9. The number of amides is 1. The van der Waals surface area contributed by atoms with Crippen molar-refractivity contribution < 1.29 is 22.3 Å². The topological polar surface area (TPSA) is 84.5 Å². The fraction of sp³-hybridized carbons (Fsp3) is 0.188. The molecule has 0 radical (unpaired) electrons. The van der Waals surface area contributed by atoms with Gasteiger partial charge in [-0.25, -0.2) is 12.8 Å². The van der Waals surface area contributed by atoms with Gasteiger partial charge in [-0.2, -0.15) is 0 Å². The van der Waals surface area contributed by atoms with E-state index in [9.17, 15) is 17.6 Å². The van der Waals surface area contributed by atoms with E-state index in [0.717, 1.165) is 6.07 Å². The summed E-state index contributed by atoms with van der Waals surface area (Å²) in [5, 5.41) is 2.67. The molecule has 0 atom stereocenters. The summed E-state index contributed by atoms with van der Waals surface area (Å²) in [6.07, 6.45) is 0.197. The van der Waals surface area contributed by atoms with E-state index in [1.165, 1.54) is 18.2 Å². The number of benzene rings is 2. The Morgan fingerprint density at radius 2 is 2.04 bits per heavy atom. The normalized spacial score (nSPS) is 13.3. The van der Waals surface area contributed by atoms with Gasteiger partial charge in [-0.3, -0.25) is 9.52 Å². The molecule has 1 aliphatic rings. The number of halogens is 1. The smallest absolute Gasteiger partial charge is 0.262 e. The first kappa shape index (κ1) is 16.3. The van der Waals surface area contributed by atoms with E-state index in [1.807, 2.05) is 0 Å². The molecule has 126 valence electrons. The molecule has 0 bridgehead atoms. The quantitative estimate of drug-likeness (QED) is 0.868. The fourth-order valence-electron chi connectivity index (χ4n) is 2.43. The number of anilines is 2. The summed E-state index contributed by atoms with van der Waals surface area (Å²) in [7, 11) is -3.95. The van der Waals surface area contributed by atoms with Crippen molar-refractivity contribution in [2.75, 3.05) is 16.6 Å². The molecule has 6 nitrogen and oxygen atoms in total. The van der Waals surface area contributed by atoms with Gasteiger partial charge in [0.2, 0.25) is 5.91 Å². The average Bonchev–Trinajstić information content (AvgIpc) is 2.88. The zero-order valence-electron chi connectivity index (χ0n) is 12.8. The number of ether oxygens (including phenoxy) is 1. The lowest BCUT2D eigenvalue weighted by molar-refractivity contribution is -0.115. The van der Waals surface area contributed by atoms with Crippen molar-refractivity contribution in [1.82, 2.24) is 0 Å². The number of hydrogen-bond acceptors (Lipinski definition) is 4. The molecule has 0 aliphatic carbocycles. The van der Waals surface area contributed by atoms with Crippen molar-refractivity contribution >= 4 is 27.3 Å². The van der Waals surface area contributed by atoms with Crippen LogP contribution < -0.4 is 14.8 Å². The van der Waals surface area contributed by atoms with Gasteiger partial charge in [0.1, 0.15) is 0 Å². The lowest BCUT2D eigenvalue weighted by Crippen LogP contribution is -2.13. The molecule has 1 heterocycles. The molecular weight excluding hydrogens is 335 g/mol. The van der Waals surface area contributed by atoms with Crippen LogP contribution in [-0.4, -0.2) is 20.9 Å². The third kappa shape index (κ3) is 3.18. The minimum absolute atomic E-state index is 0.00133. The molecule has 3 rings (SSSR count). The van der Waals surface area contributed by atoms with E-state index in [0.29, 0.717) is 16.9 Å². The van der Waals surface area contributed by atoms with Gasteiger partial charge in [-0.05, 0) is 48.9 Å². The zero-order valence-corrected chi connectivity index (χ0v) is 13.6. The Balaban J connectivity index is 1.85. The van der Waals surface area contributed by atoms with Crippen molar-refractivity contribution in [2.24, 2.45) is 0 Å². The Kier molecular flexibility index (Phi) is 4.15. The first-order valence-electron chi connectivity index (χ1n) is 7.27. The molecule has 1 amide bonds. The third-order valence-corrected chi connectivity index (χ3v) is 4.88. The van der Waals surface area contributed by atoms with Crippen LogP contribution in [0, 0.1) is 5.82 Å². The fourth-order valence-corrected chi connectivity index (χ4v) is 3.49. The molecule has 1 aliphatic heterocycles. The largest absolute Gasteiger partial charge is 0.491 e. The molecule has 0 spiro atoms. The Hall–Kier alpha value is -2.61. The number of sulfonamides is 1. The predicted octanol–water partition coefficient (Wildman–Crippen LogP) is 2.52. The predicted molar refractivity (Wildman–Crippen MR) is 87.2 cm³/mol. The first-order valence-corrected chi connectivity index (χ1v) is 8.75. The molecule has 2 N–H and O–H groups in total. The van der Waals surface area contributed by atoms with Gasteiger partial charge < -0.3 is 10.1 Å². The Labute approximate surface area is 138 Å². The average molecular weight is 350 g/mol. The number of nitrogens with one attached hydrogen (secondary N) is 2. The molecular formula is C16H15FN2O4S. The highest BCUT2D eigenvalue weighted by atomic mass is 32.2. The van der Waals surface area contributed by atoms with Gasteiger partial charge in [0.25, 0.3) is 10.0 Å². The minimum Gasteiger partial charge on any atom is -0.491 e. The molecule has 0 fully saturated rings. The second-order valence-electron chi connectivity index (χ2n) is 5.23. The third-order valence-electron chi connectivity index (χ3n) is 3.50. The van der Waals surface area contributed by atoms with Gasteiger partial charge in [0.15, 0.2) is 11.6 Å². The summed E-state index contributed by atoms with van der Waals surface area (Å²) in [6.45, 7) is 1.99. The Bertz CT molecular complexity index is 912. The number of carbonyl (C=O) groups is 1. The van der Waals surface area contributed by atoms with Crippen LogP contribution in [0.25, 0.3) is 0 Å². The zero-order chi connectivity index (χ0) is 17.3. The molecule has 2 aromatic carbocycles. The molecule has 0 aromatic heterocycles. The highest BCUT2D eigenvalue weighted by Crippen LogP contribution is 2.28. The number of carbonyl (C=O) groups excluding carboxylic acids is 1. The van der Waals surface area contributed by atoms with Crippen LogP contribution in [0.15, 0.2) is 41.3 Å². The van der Waals surface area contributed by atoms with E-state index in [4.69, 9.17) is 4.74 Å². The van der Waals surface area contributed by atoms with Crippen molar-refractivity contribution in [3.8, 4) is 5.75 Å². The summed E-state index contributed by atoms with van der Waals surface area (Å²) in [6, 6.07) is 8.19. The Morgan fingerprint density at radius 1 is 1.25 bits per heavy atom. The van der Waals surface area contributed by atoms with E-state index in [-0.39, 0.29) is 29.6 Å².